The maximum Gasteiger partial charge on any atom is 0.232 e. The fourth-order valence-electron chi connectivity index (χ4n) is 1.88. The summed E-state index contributed by atoms with van der Waals surface area (Å²) in [5.41, 5.74) is 1.45. The third-order valence-corrected chi connectivity index (χ3v) is 4.00. The van der Waals surface area contributed by atoms with Gasteiger partial charge in [-0.25, -0.2) is 0 Å². The number of carbonyl (C=O) groups excluding carboxylic acids is 1. The second-order valence-electron chi connectivity index (χ2n) is 4.45. The van der Waals surface area contributed by atoms with Gasteiger partial charge in [-0.3, -0.25) is 9.79 Å². The number of nitrogens with zero attached hydrogens (tertiary/aromatic N) is 2. The Bertz CT molecular complexity index is 682. The lowest BCUT2D eigenvalue weighted by Gasteiger charge is -2.00. The Balaban J connectivity index is 1.64. The number of aliphatic imine (C=N–C) groups is 1. The van der Waals surface area contributed by atoms with E-state index in [1.54, 1.807) is 30.0 Å². The Morgan fingerprint density at radius 1 is 1.38 bits per heavy atom. The number of thioether (sulfide) groups is 1. The molecular weight excluding hydrogens is 310 g/mol. The molecule has 0 saturated heterocycles. The van der Waals surface area contributed by atoms with E-state index in [0.717, 1.165) is 17.9 Å². The standard InChI is InChI=1S/C14H12ClN3O2S/c15-10-3-1-9(2-4-10)12-7-11(18-20-12)8-13(19)17-14-16-5-6-21-14/h1-4,7H,5-6,8H2,(H,16,17,19). The molecule has 0 unspecified atom stereocenters. The largest absolute Gasteiger partial charge is 0.356 e. The van der Waals surface area contributed by atoms with Gasteiger partial charge in [0.25, 0.3) is 0 Å². The van der Waals surface area contributed by atoms with Crippen LogP contribution >= 0.6 is 23.4 Å². The maximum atomic E-state index is 11.9. The van der Waals surface area contributed by atoms with Crippen LogP contribution in [0.1, 0.15) is 5.69 Å². The molecule has 108 valence electrons. The first-order valence-corrected chi connectivity index (χ1v) is 7.76. The molecule has 1 aromatic carbocycles. The molecule has 1 amide bonds. The molecule has 0 bridgehead atoms. The van der Waals surface area contributed by atoms with Crippen molar-refractivity contribution in [3.8, 4) is 11.3 Å². The number of halogens is 1. The van der Waals surface area contributed by atoms with Crippen LogP contribution in [0.5, 0.6) is 0 Å². The second kappa shape index (κ2) is 6.32. The van der Waals surface area contributed by atoms with Crippen molar-refractivity contribution >= 4 is 34.4 Å². The van der Waals surface area contributed by atoms with Gasteiger partial charge >= 0.3 is 0 Å². The SMILES string of the molecule is O=C(Cc1cc(-c2ccc(Cl)cc2)on1)NC1=NCCS1. The van der Waals surface area contributed by atoms with Crippen molar-refractivity contribution in [2.75, 3.05) is 12.3 Å². The third-order valence-electron chi connectivity index (χ3n) is 2.86. The van der Waals surface area contributed by atoms with Crippen LogP contribution < -0.4 is 5.32 Å². The molecule has 0 radical (unpaired) electrons. The molecule has 7 heteroatoms. The molecule has 5 nitrogen and oxygen atoms in total. The van der Waals surface area contributed by atoms with Crippen molar-refractivity contribution < 1.29 is 9.32 Å². The van der Waals surface area contributed by atoms with Crippen molar-refractivity contribution in [1.82, 2.24) is 10.5 Å². The predicted octanol–water partition coefficient (Wildman–Crippen LogP) is 2.76. The minimum absolute atomic E-state index is 0.140. The Morgan fingerprint density at radius 3 is 2.90 bits per heavy atom. The monoisotopic (exact) mass is 321 g/mol. The summed E-state index contributed by atoms with van der Waals surface area (Å²) in [5, 5.41) is 8.01. The molecule has 1 aromatic heterocycles. The number of amidine groups is 1. The Kier molecular flexibility index (Phi) is 4.26. The van der Waals surface area contributed by atoms with E-state index in [0.29, 0.717) is 21.6 Å². The number of benzene rings is 1. The summed E-state index contributed by atoms with van der Waals surface area (Å²) in [6.07, 6.45) is 0.163. The minimum Gasteiger partial charge on any atom is -0.356 e. The van der Waals surface area contributed by atoms with Crippen molar-refractivity contribution in [2.45, 2.75) is 6.42 Å². The van der Waals surface area contributed by atoms with Crippen LogP contribution in [0.4, 0.5) is 0 Å². The molecule has 2 aromatic rings. The third kappa shape index (κ3) is 3.65. The van der Waals surface area contributed by atoms with Gasteiger partial charge in [-0.1, -0.05) is 28.5 Å². The maximum absolute atomic E-state index is 11.9. The fourth-order valence-corrected chi connectivity index (χ4v) is 2.75. The smallest absolute Gasteiger partial charge is 0.232 e. The van der Waals surface area contributed by atoms with E-state index in [4.69, 9.17) is 16.1 Å². The molecule has 0 atom stereocenters. The second-order valence-corrected chi connectivity index (χ2v) is 5.97. The highest BCUT2D eigenvalue weighted by Crippen LogP contribution is 2.22. The Labute approximate surface area is 130 Å². The lowest BCUT2D eigenvalue weighted by Crippen LogP contribution is -2.28. The van der Waals surface area contributed by atoms with Gasteiger partial charge in [0.05, 0.1) is 18.7 Å². The Hall–Kier alpha value is -1.79. The number of hydrogen-bond donors (Lipinski definition) is 1. The first-order valence-electron chi connectivity index (χ1n) is 6.39. The number of hydrogen-bond acceptors (Lipinski definition) is 5. The minimum atomic E-state index is -0.140. The summed E-state index contributed by atoms with van der Waals surface area (Å²) >= 11 is 7.39. The van der Waals surface area contributed by atoms with Gasteiger partial charge in [0.2, 0.25) is 5.91 Å². The van der Waals surface area contributed by atoms with Crippen LogP contribution in [-0.2, 0) is 11.2 Å². The zero-order chi connectivity index (χ0) is 14.7. The van der Waals surface area contributed by atoms with Crippen LogP contribution in [0.3, 0.4) is 0 Å². The highest BCUT2D eigenvalue weighted by Gasteiger charge is 2.14. The van der Waals surface area contributed by atoms with Crippen LogP contribution in [0, 0.1) is 0 Å². The molecule has 0 aliphatic carbocycles. The van der Waals surface area contributed by atoms with E-state index in [-0.39, 0.29) is 12.3 Å². The summed E-state index contributed by atoms with van der Waals surface area (Å²) in [6.45, 7) is 0.755. The summed E-state index contributed by atoms with van der Waals surface area (Å²) in [7, 11) is 0. The van der Waals surface area contributed by atoms with E-state index in [2.05, 4.69) is 15.5 Å². The van der Waals surface area contributed by atoms with Gasteiger partial charge in [-0.05, 0) is 24.3 Å². The highest BCUT2D eigenvalue weighted by atomic mass is 35.5. The van der Waals surface area contributed by atoms with E-state index in [1.807, 2.05) is 12.1 Å². The van der Waals surface area contributed by atoms with Crippen molar-refractivity contribution in [3.05, 3.63) is 41.0 Å². The number of carbonyl (C=O) groups is 1. The average molecular weight is 322 g/mol. The van der Waals surface area contributed by atoms with Gasteiger partial charge in [0, 0.05) is 22.4 Å². The highest BCUT2D eigenvalue weighted by molar-refractivity contribution is 8.14. The van der Waals surface area contributed by atoms with Crippen molar-refractivity contribution in [1.29, 1.82) is 0 Å². The van der Waals surface area contributed by atoms with Gasteiger partial charge in [-0.15, -0.1) is 0 Å². The van der Waals surface area contributed by atoms with Crippen LogP contribution in [0.25, 0.3) is 11.3 Å². The summed E-state index contributed by atoms with van der Waals surface area (Å²) < 4.78 is 5.25. The van der Waals surface area contributed by atoms with Gasteiger partial charge in [0.15, 0.2) is 10.9 Å². The van der Waals surface area contributed by atoms with Crippen molar-refractivity contribution in [2.24, 2.45) is 4.99 Å². The van der Waals surface area contributed by atoms with Gasteiger partial charge in [-0.2, -0.15) is 0 Å². The first kappa shape index (κ1) is 14.2. The lowest BCUT2D eigenvalue weighted by atomic mass is 10.1. The predicted molar refractivity (Wildman–Crippen MR) is 83.6 cm³/mol. The quantitative estimate of drug-likeness (QED) is 0.944. The number of amides is 1. The molecule has 1 aliphatic heterocycles. The molecule has 1 aliphatic rings. The molecule has 1 N–H and O–H groups in total. The zero-order valence-corrected chi connectivity index (χ0v) is 12.6. The summed E-state index contributed by atoms with van der Waals surface area (Å²) in [4.78, 5) is 16.0. The van der Waals surface area contributed by atoms with Crippen LogP contribution in [0.15, 0.2) is 39.8 Å². The van der Waals surface area contributed by atoms with E-state index >= 15 is 0 Å². The number of rotatable bonds is 3. The fraction of sp³-hybridized carbons (Fsp3) is 0.214. The molecule has 21 heavy (non-hydrogen) atoms. The van der Waals surface area contributed by atoms with E-state index < -0.39 is 0 Å². The summed E-state index contributed by atoms with van der Waals surface area (Å²) in [5.74, 6) is 1.39. The average Bonchev–Trinajstić information content (AvgIpc) is 3.11. The topological polar surface area (TPSA) is 67.5 Å². The van der Waals surface area contributed by atoms with Crippen LogP contribution in [-0.4, -0.2) is 28.5 Å². The van der Waals surface area contributed by atoms with Gasteiger partial charge in [0.1, 0.15) is 0 Å². The molecule has 3 rings (SSSR count). The number of nitrogens with one attached hydrogen (secondary N) is 1. The number of aromatic nitrogens is 1. The molecular formula is C14H12ClN3O2S. The van der Waals surface area contributed by atoms with E-state index in [9.17, 15) is 4.79 Å². The van der Waals surface area contributed by atoms with Crippen molar-refractivity contribution in [3.63, 3.8) is 0 Å². The molecule has 0 spiro atoms. The first-order chi connectivity index (χ1) is 10.2. The summed E-state index contributed by atoms with van der Waals surface area (Å²) in [6, 6.07) is 9.00. The van der Waals surface area contributed by atoms with Gasteiger partial charge < -0.3 is 9.84 Å². The molecule has 0 saturated carbocycles. The molecule has 0 fully saturated rings. The lowest BCUT2D eigenvalue weighted by molar-refractivity contribution is -0.119. The normalized spacial score (nSPS) is 14.0. The zero-order valence-electron chi connectivity index (χ0n) is 11.0. The van der Waals surface area contributed by atoms with Crippen LogP contribution in [0.2, 0.25) is 5.02 Å². The van der Waals surface area contributed by atoms with E-state index in [1.165, 1.54) is 0 Å². The molecule has 2 heterocycles. The Morgan fingerprint density at radius 2 is 2.19 bits per heavy atom.